The van der Waals surface area contributed by atoms with Gasteiger partial charge in [0.1, 0.15) is 0 Å². The van der Waals surface area contributed by atoms with Crippen LogP contribution in [0.2, 0.25) is 0 Å². The zero-order valence-electron chi connectivity index (χ0n) is 6.60. The molecule has 2 unspecified atom stereocenters. The Morgan fingerprint density at radius 3 is 2.50 bits per heavy atom. The molecule has 1 N–H and O–H groups in total. The standard InChI is InChI=1S/C7H15IN2/c1-10(2)7-4-3-6(7)5-9-8/h6-7,9H,3-5H2,1-2H3. The first-order chi connectivity index (χ1) is 4.75. The zero-order chi connectivity index (χ0) is 7.56. The van der Waals surface area contributed by atoms with E-state index in [1.165, 1.54) is 19.4 Å². The van der Waals surface area contributed by atoms with Crippen LogP contribution in [-0.4, -0.2) is 31.6 Å². The Bertz CT molecular complexity index is 106. The smallest absolute Gasteiger partial charge is 0.0169 e. The zero-order valence-corrected chi connectivity index (χ0v) is 8.76. The molecule has 0 aromatic rings. The molecule has 10 heavy (non-hydrogen) atoms. The highest BCUT2D eigenvalue weighted by molar-refractivity contribution is 14.1. The minimum absolute atomic E-state index is 0.835. The second kappa shape index (κ2) is 3.88. The quantitative estimate of drug-likeness (QED) is 0.602. The fraction of sp³-hybridized carbons (Fsp3) is 1.00. The van der Waals surface area contributed by atoms with Gasteiger partial charge in [0.15, 0.2) is 0 Å². The lowest BCUT2D eigenvalue weighted by atomic mass is 9.79. The molecule has 3 heteroatoms. The number of hydrogen-bond acceptors (Lipinski definition) is 2. The summed E-state index contributed by atoms with van der Waals surface area (Å²) >= 11 is 2.22. The van der Waals surface area contributed by atoms with Crippen LogP contribution >= 0.6 is 22.9 Å². The first kappa shape index (κ1) is 8.74. The molecule has 0 amide bonds. The van der Waals surface area contributed by atoms with Crippen LogP contribution in [0.4, 0.5) is 0 Å². The molecule has 0 aromatic heterocycles. The summed E-state index contributed by atoms with van der Waals surface area (Å²) in [6.45, 7) is 1.17. The van der Waals surface area contributed by atoms with Gasteiger partial charge in [-0.25, -0.2) is 0 Å². The average molecular weight is 254 g/mol. The van der Waals surface area contributed by atoms with E-state index in [0.717, 1.165) is 12.0 Å². The lowest BCUT2D eigenvalue weighted by molar-refractivity contribution is 0.111. The predicted molar refractivity (Wildman–Crippen MR) is 52.2 cm³/mol. The summed E-state index contributed by atoms with van der Waals surface area (Å²) < 4.78 is 3.20. The van der Waals surface area contributed by atoms with Crippen LogP contribution in [0.25, 0.3) is 0 Å². The fourth-order valence-electron chi connectivity index (χ4n) is 1.57. The van der Waals surface area contributed by atoms with Crippen LogP contribution in [0.5, 0.6) is 0 Å². The highest BCUT2D eigenvalue weighted by Crippen LogP contribution is 2.29. The van der Waals surface area contributed by atoms with Crippen molar-refractivity contribution in [1.82, 2.24) is 8.43 Å². The van der Waals surface area contributed by atoms with Crippen LogP contribution in [0, 0.1) is 5.92 Å². The van der Waals surface area contributed by atoms with Gasteiger partial charge in [-0.15, -0.1) is 0 Å². The molecule has 0 radical (unpaired) electrons. The summed E-state index contributed by atoms with van der Waals surface area (Å²) in [5, 5.41) is 0. The summed E-state index contributed by atoms with van der Waals surface area (Å²) in [4.78, 5) is 2.34. The lowest BCUT2D eigenvalue weighted by Gasteiger charge is -2.40. The van der Waals surface area contributed by atoms with Crippen molar-refractivity contribution in [3.63, 3.8) is 0 Å². The second-order valence-electron chi connectivity index (χ2n) is 3.21. The summed E-state index contributed by atoms with van der Waals surface area (Å²) in [7, 11) is 4.34. The van der Waals surface area contributed by atoms with E-state index in [2.05, 4.69) is 45.4 Å². The number of rotatable bonds is 3. The highest BCUT2D eigenvalue weighted by atomic mass is 127. The molecule has 1 saturated carbocycles. The predicted octanol–water partition coefficient (Wildman–Crippen LogP) is 1.27. The van der Waals surface area contributed by atoms with Crippen LogP contribution < -0.4 is 3.53 Å². The van der Waals surface area contributed by atoms with Crippen LogP contribution in [0.15, 0.2) is 0 Å². The highest BCUT2D eigenvalue weighted by Gasteiger charge is 2.31. The molecule has 1 aliphatic rings. The van der Waals surface area contributed by atoms with Gasteiger partial charge in [-0.2, -0.15) is 0 Å². The van der Waals surface area contributed by atoms with Crippen LogP contribution in [0.3, 0.4) is 0 Å². The van der Waals surface area contributed by atoms with Gasteiger partial charge in [-0.3, -0.25) is 3.53 Å². The summed E-state index contributed by atoms with van der Waals surface area (Å²) in [6.07, 6.45) is 2.79. The number of halogens is 1. The van der Waals surface area contributed by atoms with Gasteiger partial charge in [0.05, 0.1) is 0 Å². The Morgan fingerprint density at radius 1 is 1.50 bits per heavy atom. The summed E-state index contributed by atoms with van der Waals surface area (Å²) in [6, 6.07) is 0.835. The van der Waals surface area contributed by atoms with Gasteiger partial charge in [-0.05, 0) is 32.9 Å². The number of nitrogens with zero attached hydrogens (tertiary/aromatic N) is 1. The van der Waals surface area contributed by atoms with Gasteiger partial charge >= 0.3 is 0 Å². The first-order valence-corrected chi connectivity index (χ1v) is 4.83. The monoisotopic (exact) mass is 254 g/mol. The SMILES string of the molecule is CN(C)C1CCC1CNI. The summed E-state index contributed by atoms with van der Waals surface area (Å²) in [5.41, 5.74) is 0. The maximum Gasteiger partial charge on any atom is 0.0169 e. The molecule has 2 nitrogen and oxygen atoms in total. The van der Waals surface area contributed by atoms with Crippen molar-refractivity contribution in [2.45, 2.75) is 18.9 Å². The molecule has 0 aliphatic heterocycles. The minimum atomic E-state index is 0.835. The molecule has 2 atom stereocenters. The van der Waals surface area contributed by atoms with Gasteiger partial charge in [0.2, 0.25) is 0 Å². The van der Waals surface area contributed by atoms with Crippen molar-refractivity contribution < 1.29 is 0 Å². The van der Waals surface area contributed by atoms with Crippen molar-refractivity contribution in [3.05, 3.63) is 0 Å². The Morgan fingerprint density at radius 2 is 2.20 bits per heavy atom. The van der Waals surface area contributed by atoms with Crippen molar-refractivity contribution in [3.8, 4) is 0 Å². The maximum atomic E-state index is 3.20. The fourth-order valence-corrected chi connectivity index (χ4v) is 2.13. The van der Waals surface area contributed by atoms with E-state index < -0.39 is 0 Å². The first-order valence-electron chi connectivity index (χ1n) is 3.75. The largest absolute Gasteiger partial charge is 0.306 e. The van der Waals surface area contributed by atoms with Gasteiger partial charge < -0.3 is 4.90 Å². The molecule has 0 spiro atoms. The van der Waals surface area contributed by atoms with E-state index >= 15 is 0 Å². The maximum absolute atomic E-state index is 3.20. The van der Waals surface area contributed by atoms with Gasteiger partial charge in [0.25, 0.3) is 0 Å². The van der Waals surface area contributed by atoms with E-state index in [4.69, 9.17) is 0 Å². The molecule has 0 bridgehead atoms. The molecular weight excluding hydrogens is 239 g/mol. The number of hydrogen-bond donors (Lipinski definition) is 1. The van der Waals surface area contributed by atoms with Gasteiger partial charge in [0, 0.05) is 35.5 Å². The van der Waals surface area contributed by atoms with Crippen molar-refractivity contribution >= 4 is 22.9 Å². The minimum Gasteiger partial charge on any atom is -0.306 e. The molecule has 1 fully saturated rings. The third kappa shape index (κ3) is 1.83. The third-order valence-corrected chi connectivity index (χ3v) is 2.82. The molecule has 0 saturated heterocycles. The van der Waals surface area contributed by atoms with E-state index in [-0.39, 0.29) is 0 Å². The molecule has 1 aliphatic carbocycles. The van der Waals surface area contributed by atoms with E-state index in [1.54, 1.807) is 0 Å². The van der Waals surface area contributed by atoms with Crippen molar-refractivity contribution in [2.75, 3.05) is 20.6 Å². The van der Waals surface area contributed by atoms with Crippen molar-refractivity contribution in [2.24, 2.45) is 5.92 Å². The van der Waals surface area contributed by atoms with Crippen LogP contribution in [-0.2, 0) is 0 Å². The molecule has 0 aromatic carbocycles. The molecular formula is C7H15IN2. The van der Waals surface area contributed by atoms with E-state index in [1.807, 2.05) is 0 Å². The summed E-state index contributed by atoms with van der Waals surface area (Å²) in [5.74, 6) is 0.895. The lowest BCUT2D eigenvalue weighted by Crippen LogP contribution is -2.46. The Kier molecular flexibility index (Phi) is 3.39. The Balaban J connectivity index is 2.22. The number of nitrogens with one attached hydrogen (secondary N) is 1. The molecule has 0 heterocycles. The van der Waals surface area contributed by atoms with E-state index in [9.17, 15) is 0 Å². The second-order valence-corrected chi connectivity index (χ2v) is 3.97. The Labute approximate surface area is 76.9 Å². The van der Waals surface area contributed by atoms with E-state index in [0.29, 0.717) is 0 Å². The normalized spacial score (nSPS) is 32.4. The molecule has 1 rings (SSSR count). The van der Waals surface area contributed by atoms with Crippen molar-refractivity contribution in [1.29, 1.82) is 0 Å². The third-order valence-electron chi connectivity index (χ3n) is 2.38. The van der Waals surface area contributed by atoms with Crippen LogP contribution in [0.1, 0.15) is 12.8 Å². The molecule has 60 valence electrons. The van der Waals surface area contributed by atoms with Gasteiger partial charge in [-0.1, -0.05) is 0 Å². The topological polar surface area (TPSA) is 15.3 Å². The average Bonchev–Trinajstić information content (AvgIpc) is 1.78. The Hall–Kier alpha value is 0.650.